The van der Waals surface area contributed by atoms with Crippen molar-refractivity contribution in [2.24, 2.45) is 5.73 Å². The zero-order valence-corrected chi connectivity index (χ0v) is 24.1. The van der Waals surface area contributed by atoms with Gasteiger partial charge in [-0.1, -0.05) is 142 Å². The lowest BCUT2D eigenvalue weighted by Crippen LogP contribution is -2.48. The molecule has 0 bridgehead atoms. The quantitative estimate of drug-likeness (QED) is 0.0684. The average Bonchev–Trinajstić information content (AvgIpc) is 2.83. The molecule has 3 nitrogen and oxygen atoms in total. The van der Waals surface area contributed by atoms with Crippen molar-refractivity contribution in [3.05, 3.63) is 5.21 Å². The van der Waals surface area contributed by atoms with Crippen LogP contribution in [-0.2, 0) is 0 Å². The van der Waals surface area contributed by atoms with Gasteiger partial charge in [0, 0.05) is 6.42 Å². The minimum atomic E-state index is -0.0628. The van der Waals surface area contributed by atoms with E-state index in [0.717, 1.165) is 19.3 Å². The van der Waals surface area contributed by atoms with Crippen molar-refractivity contribution in [1.82, 2.24) is 0 Å². The molecule has 0 aliphatic rings. The van der Waals surface area contributed by atoms with Gasteiger partial charge in [0.2, 0.25) is 0 Å². The standard InChI is InChI=1S/C31H66N2O/c1-4-6-8-10-12-14-16-17-19-21-23-25-28-31(33(3,34)30-26-29-32)27-24-22-20-18-15-13-11-9-7-5-2/h31H,4-30,32H2,1-3H3. The Morgan fingerprint density at radius 3 is 1.09 bits per heavy atom. The molecule has 0 aromatic heterocycles. The van der Waals surface area contributed by atoms with E-state index in [4.69, 9.17) is 5.73 Å². The number of quaternary nitrogens is 1. The van der Waals surface area contributed by atoms with Crippen molar-refractivity contribution in [3.63, 3.8) is 0 Å². The molecule has 2 unspecified atom stereocenters. The van der Waals surface area contributed by atoms with Crippen LogP contribution in [0.2, 0.25) is 0 Å². The maximum Gasteiger partial charge on any atom is 0.0885 e. The molecule has 34 heavy (non-hydrogen) atoms. The van der Waals surface area contributed by atoms with Crippen molar-refractivity contribution in [2.75, 3.05) is 20.1 Å². The molecule has 0 saturated carbocycles. The summed E-state index contributed by atoms with van der Waals surface area (Å²) in [5.41, 5.74) is 5.71. The Hall–Kier alpha value is -0.120. The average molecular weight is 483 g/mol. The Kier molecular flexibility index (Phi) is 25.9. The molecule has 0 heterocycles. The van der Waals surface area contributed by atoms with Gasteiger partial charge in [-0.15, -0.1) is 0 Å². The van der Waals surface area contributed by atoms with Gasteiger partial charge in [0.15, 0.2) is 0 Å². The van der Waals surface area contributed by atoms with Crippen LogP contribution >= 0.6 is 0 Å². The SMILES string of the molecule is CCCCCCCCCCCCCCC(CCCCCCCCCCCC)[N+](C)([O-])CCCN. The van der Waals surface area contributed by atoms with Crippen molar-refractivity contribution in [3.8, 4) is 0 Å². The summed E-state index contributed by atoms with van der Waals surface area (Å²) in [7, 11) is 1.91. The fraction of sp³-hybridized carbons (Fsp3) is 1.00. The Morgan fingerprint density at radius 1 is 0.500 bits per heavy atom. The first-order valence-corrected chi connectivity index (χ1v) is 15.8. The van der Waals surface area contributed by atoms with E-state index < -0.39 is 0 Å². The molecule has 0 aromatic rings. The van der Waals surface area contributed by atoms with E-state index in [1.165, 1.54) is 141 Å². The Bertz CT molecular complexity index is 386. The second-order valence-electron chi connectivity index (χ2n) is 11.3. The highest BCUT2D eigenvalue weighted by Gasteiger charge is 2.23. The zero-order chi connectivity index (χ0) is 25.2. The number of rotatable bonds is 28. The van der Waals surface area contributed by atoms with Crippen LogP contribution in [0.3, 0.4) is 0 Å². The van der Waals surface area contributed by atoms with Gasteiger partial charge in [-0.25, -0.2) is 0 Å². The monoisotopic (exact) mass is 483 g/mol. The Balaban J connectivity index is 3.92. The van der Waals surface area contributed by atoms with Gasteiger partial charge < -0.3 is 15.6 Å². The minimum Gasteiger partial charge on any atom is -0.633 e. The van der Waals surface area contributed by atoms with Crippen LogP contribution < -0.4 is 5.73 Å². The van der Waals surface area contributed by atoms with Crippen LogP contribution in [0.4, 0.5) is 0 Å². The molecule has 0 aliphatic heterocycles. The highest BCUT2D eigenvalue weighted by molar-refractivity contribution is 4.63. The summed E-state index contributed by atoms with van der Waals surface area (Å²) in [5, 5.41) is 13.3. The summed E-state index contributed by atoms with van der Waals surface area (Å²) in [6, 6.07) is 0.281. The van der Waals surface area contributed by atoms with Gasteiger partial charge in [-0.05, 0) is 32.2 Å². The molecule has 0 saturated heterocycles. The fourth-order valence-corrected chi connectivity index (χ4v) is 5.37. The van der Waals surface area contributed by atoms with Gasteiger partial charge in [0.1, 0.15) is 0 Å². The summed E-state index contributed by atoms with van der Waals surface area (Å²) in [5.74, 6) is 0. The molecule has 0 aromatic carbocycles. The summed E-state index contributed by atoms with van der Waals surface area (Å²) in [4.78, 5) is 0. The van der Waals surface area contributed by atoms with Crippen LogP contribution in [0.15, 0.2) is 0 Å². The normalized spacial score (nSPS) is 14.4. The van der Waals surface area contributed by atoms with Gasteiger partial charge in [0.25, 0.3) is 0 Å². The smallest absolute Gasteiger partial charge is 0.0885 e. The lowest BCUT2D eigenvalue weighted by atomic mass is 9.98. The molecule has 2 N–H and O–H groups in total. The van der Waals surface area contributed by atoms with E-state index >= 15 is 0 Å². The molecular weight excluding hydrogens is 416 g/mol. The summed E-state index contributed by atoms with van der Waals surface area (Å²) in [6.07, 6.45) is 33.3. The lowest BCUT2D eigenvalue weighted by Gasteiger charge is -2.46. The van der Waals surface area contributed by atoms with E-state index in [9.17, 15) is 5.21 Å². The molecule has 3 heteroatoms. The van der Waals surface area contributed by atoms with E-state index in [0.29, 0.717) is 13.1 Å². The second kappa shape index (κ2) is 26.0. The number of hydroxylamine groups is 3. The van der Waals surface area contributed by atoms with Crippen LogP contribution in [0.5, 0.6) is 0 Å². The first kappa shape index (κ1) is 33.9. The largest absolute Gasteiger partial charge is 0.633 e. The van der Waals surface area contributed by atoms with Gasteiger partial charge in [-0.2, -0.15) is 0 Å². The van der Waals surface area contributed by atoms with Crippen LogP contribution in [0, 0.1) is 5.21 Å². The molecule has 0 fully saturated rings. The Labute approximate surface area is 216 Å². The van der Waals surface area contributed by atoms with Crippen LogP contribution in [-0.4, -0.2) is 30.8 Å². The maximum atomic E-state index is 13.3. The van der Waals surface area contributed by atoms with Crippen molar-refractivity contribution >= 4 is 0 Å². The summed E-state index contributed by atoms with van der Waals surface area (Å²) < 4.78 is -0.0628. The molecule has 0 amide bonds. The van der Waals surface area contributed by atoms with E-state index in [1.807, 2.05) is 7.05 Å². The van der Waals surface area contributed by atoms with Crippen LogP contribution in [0.25, 0.3) is 0 Å². The summed E-state index contributed by atoms with van der Waals surface area (Å²) >= 11 is 0. The molecule has 0 spiro atoms. The van der Waals surface area contributed by atoms with Crippen molar-refractivity contribution in [2.45, 2.75) is 180 Å². The first-order valence-electron chi connectivity index (χ1n) is 15.8. The number of hydrogen-bond donors (Lipinski definition) is 1. The van der Waals surface area contributed by atoms with Crippen molar-refractivity contribution in [1.29, 1.82) is 0 Å². The topological polar surface area (TPSA) is 49.1 Å². The van der Waals surface area contributed by atoms with Crippen LogP contribution in [0.1, 0.15) is 174 Å². The summed E-state index contributed by atoms with van der Waals surface area (Å²) in [6.45, 7) is 5.90. The number of nitrogens with zero attached hydrogens (tertiary/aromatic N) is 1. The molecular formula is C31H66N2O. The fourth-order valence-electron chi connectivity index (χ4n) is 5.37. The lowest BCUT2D eigenvalue weighted by molar-refractivity contribution is -0.887. The molecule has 206 valence electrons. The predicted octanol–water partition coefficient (Wildman–Crippen LogP) is 10.1. The van der Waals surface area contributed by atoms with E-state index in [2.05, 4.69) is 13.8 Å². The van der Waals surface area contributed by atoms with Gasteiger partial charge in [-0.3, -0.25) is 0 Å². The Morgan fingerprint density at radius 2 is 0.794 bits per heavy atom. The van der Waals surface area contributed by atoms with E-state index in [-0.39, 0.29) is 10.7 Å². The van der Waals surface area contributed by atoms with Gasteiger partial charge in [0.05, 0.1) is 19.6 Å². The number of hydrogen-bond acceptors (Lipinski definition) is 2. The number of nitrogens with two attached hydrogens (primary N) is 1. The molecule has 0 aliphatic carbocycles. The highest BCUT2D eigenvalue weighted by Crippen LogP contribution is 2.23. The zero-order valence-electron chi connectivity index (χ0n) is 24.1. The molecule has 0 rings (SSSR count). The van der Waals surface area contributed by atoms with Crippen molar-refractivity contribution < 1.29 is 4.65 Å². The first-order chi connectivity index (χ1) is 16.6. The minimum absolute atomic E-state index is 0.0628. The predicted molar refractivity (Wildman–Crippen MR) is 154 cm³/mol. The van der Waals surface area contributed by atoms with E-state index in [1.54, 1.807) is 0 Å². The second-order valence-corrected chi connectivity index (χ2v) is 11.3. The third-order valence-electron chi connectivity index (χ3n) is 7.86. The maximum absolute atomic E-state index is 13.3. The van der Waals surface area contributed by atoms with Gasteiger partial charge >= 0.3 is 0 Å². The third-order valence-corrected chi connectivity index (χ3v) is 7.86. The highest BCUT2D eigenvalue weighted by atomic mass is 16.5. The third kappa shape index (κ3) is 22.4. The number of unbranched alkanes of at least 4 members (excludes halogenated alkanes) is 20. The molecule has 2 atom stereocenters. The molecule has 0 radical (unpaired) electrons.